The number of carbonyl (C=O) groups excluding carboxylic acids is 3. The lowest BCUT2D eigenvalue weighted by atomic mass is 10.1. The fourth-order valence-corrected chi connectivity index (χ4v) is 1.37. The van der Waals surface area contributed by atoms with Crippen LogP contribution in [0.5, 0.6) is 0 Å². The molecule has 19 heavy (non-hydrogen) atoms. The summed E-state index contributed by atoms with van der Waals surface area (Å²) in [6.07, 6.45) is 1.27. The summed E-state index contributed by atoms with van der Waals surface area (Å²) in [6, 6.07) is 6.45. The van der Waals surface area contributed by atoms with Crippen molar-refractivity contribution in [1.29, 1.82) is 0 Å². The zero-order valence-corrected chi connectivity index (χ0v) is 10.5. The molecule has 0 unspecified atom stereocenters. The van der Waals surface area contributed by atoms with Gasteiger partial charge in [-0.3, -0.25) is 9.59 Å². The van der Waals surface area contributed by atoms with Crippen LogP contribution in [-0.4, -0.2) is 17.8 Å². The second kappa shape index (κ2) is 6.34. The molecule has 6 heteroatoms. The molecule has 0 saturated carbocycles. The van der Waals surface area contributed by atoms with Crippen molar-refractivity contribution in [3.63, 3.8) is 0 Å². The Morgan fingerprint density at radius 2 is 1.63 bits per heavy atom. The molecule has 0 aromatic heterocycles. The van der Waals surface area contributed by atoms with E-state index in [0.29, 0.717) is 11.3 Å². The molecule has 1 aromatic rings. The highest BCUT2D eigenvalue weighted by Crippen LogP contribution is 2.11. The Balaban J connectivity index is 2.92. The van der Waals surface area contributed by atoms with E-state index in [-0.39, 0.29) is 11.6 Å². The van der Waals surface area contributed by atoms with Gasteiger partial charge in [-0.25, -0.2) is 0 Å². The second-order valence-electron chi connectivity index (χ2n) is 3.83. The number of carboxylic acid groups (broad SMARTS) is 1. The third-order valence-electron chi connectivity index (χ3n) is 2.07. The van der Waals surface area contributed by atoms with Gasteiger partial charge in [-0.05, 0) is 23.8 Å². The van der Waals surface area contributed by atoms with Crippen LogP contribution in [-0.2, 0) is 14.4 Å². The summed E-state index contributed by atoms with van der Waals surface area (Å²) in [6.45, 7) is 2.59. The SMILES string of the molecule is CC(=O)N/C(=C\c1ccc(NC(C)=O)cc1)C(=O)[O-]. The minimum Gasteiger partial charge on any atom is -0.543 e. The van der Waals surface area contributed by atoms with Crippen molar-refractivity contribution in [2.75, 3.05) is 5.32 Å². The number of benzene rings is 1. The Morgan fingerprint density at radius 3 is 2.05 bits per heavy atom. The summed E-state index contributed by atoms with van der Waals surface area (Å²) in [7, 11) is 0. The lowest BCUT2D eigenvalue weighted by molar-refractivity contribution is -0.299. The van der Waals surface area contributed by atoms with Gasteiger partial charge in [-0.1, -0.05) is 12.1 Å². The van der Waals surface area contributed by atoms with Crippen molar-refractivity contribution in [2.45, 2.75) is 13.8 Å². The molecule has 0 aliphatic heterocycles. The number of anilines is 1. The van der Waals surface area contributed by atoms with E-state index in [1.807, 2.05) is 0 Å². The van der Waals surface area contributed by atoms with Gasteiger partial charge < -0.3 is 20.5 Å². The zero-order valence-electron chi connectivity index (χ0n) is 10.5. The number of nitrogens with one attached hydrogen (secondary N) is 2. The average Bonchev–Trinajstić information content (AvgIpc) is 2.29. The molecular weight excluding hydrogens is 248 g/mol. The molecule has 0 aliphatic rings. The quantitative estimate of drug-likeness (QED) is 0.738. The molecule has 0 saturated heterocycles. The smallest absolute Gasteiger partial charge is 0.221 e. The zero-order chi connectivity index (χ0) is 14.4. The van der Waals surface area contributed by atoms with Crippen LogP contribution in [0.15, 0.2) is 30.0 Å². The van der Waals surface area contributed by atoms with E-state index in [9.17, 15) is 19.5 Å². The molecule has 1 aromatic carbocycles. The minimum atomic E-state index is -1.47. The van der Waals surface area contributed by atoms with Crippen LogP contribution in [0.3, 0.4) is 0 Å². The molecule has 2 N–H and O–H groups in total. The Hall–Kier alpha value is -2.63. The number of aliphatic carboxylic acids is 1. The Morgan fingerprint density at radius 1 is 1.05 bits per heavy atom. The summed E-state index contributed by atoms with van der Waals surface area (Å²) in [5.41, 5.74) is 0.834. The van der Waals surface area contributed by atoms with Crippen LogP contribution < -0.4 is 15.7 Å². The molecule has 2 amide bonds. The van der Waals surface area contributed by atoms with E-state index in [4.69, 9.17) is 0 Å². The predicted octanol–water partition coefficient (Wildman–Crippen LogP) is -0.128. The van der Waals surface area contributed by atoms with Crippen LogP contribution in [0.4, 0.5) is 5.69 Å². The highest BCUT2D eigenvalue weighted by molar-refractivity contribution is 5.95. The monoisotopic (exact) mass is 261 g/mol. The van der Waals surface area contributed by atoms with Crippen molar-refractivity contribution >= 4 is 29.5 Å². The fraction of sp³-hybridized carbons (Fsp3) is 0.154. The predicted molar refractivity (Wildman–Crippen MR) is 67.5 cm³/mol. The number of carboxylic acids is 1. The van der Waals surface area contributed by atoms with Crippen molar-refractivity contribution < 1.29 is 19.5 Å². The molecule has 1 rings (SSSR count). The first-order chi connectivity index (χ1) is 8.88. The summed E-state index contributed by atoms with van der Waals surface area (Å²) in [5, 5.41) is 15.5. The van der Waals surface area contributed by atoms with Crippen molar-refractivity contribution in [3.8, 4) is 0 Å². The number of rotatable bonds is 4. The van der Waals surface area contributed by atoms with Gasteiger partial charge in [0.15, 0.2) is 0 Å². The summed E-state index contributed by atoms with van der Waals surface area (Å²) >= 11 is 0. The van der Waals surface area contributed by atoms with Gasteiger partial charge in [0.05, 0.1) is 11.7 Å². The minimum absolute atomic E-state index is 0.197. The lowest BCUT2D eigenvalue weighted by Gasteiger charge is -2.09. The molecule has 0 fully saturated rings. The number of carbonyl (C=O) groups is 3. The van der Waals surface area contributed by atoms with Crippen molar-refractivity contribution in [2.24, 2.45) is 0 Å². The summed E-state index contributed by atoms with van der Waals surface area (Å²) in [5.74, 6) is -2.16. The van der Waals surface area contributed by atoms with Gasteiger partial charge in [0.25, 0.3) is 0 Å². The standard InChI is InChI=1S/C13H14N2O4/c1-8(16)14-11-5-3-10(4-6-11)7-12(13(18)19)15-9(2)17/h3-7H,1-2H3,(H,14,16)(H,15,17)(H,18,19)/p-1/b12-7-. The lowest BCUT2D eigenvalue weighted by Crippen LogP contribution is -2.34. The number of hydrogen-bond donors (Lipinski definition) is 2. The topological polar surface area (TPSA) is 98.3 Å². The number of amides is 2. The maximum absolute atomic E-state index is 10.8. The maximum Gasteiger partial charge on any atom is 0.221 e. The largest absolute Gasteiger partial charge is 0.543 e. The normalized spacial score (nSPS) is 10.7. The third-order valence-corrected chi connectivity index (χ3v) is 2.07. The molecule has 0 bridgehead atoms. The van der Waals surface area contributed by atoms with E-state index in [1.165, 1.54) is 19.9 Å². The van der Waals surface area contributed by atoms with Crippen LogP contribution >= 0.6 is 0 Å². The van der Waals surface area contributed by atoms with Crippen molar-refractivity contribution in [3.05, 3.63) is 35.5 Å². The molecule has 0 heterocycles. The Bertz CT molecular complexity index is 532. The first-order valence-corrected chi connectivity index (χ1v) is 5.47. The van der Waals surface area contributed by atoms with Gasteiger partial charge in [0.2, 0.25) is 11.8 Å². The van der Waals surface area contributed by atoms with Gasteiger partial charge in [0, 0.05) is 19.5 Å². The van der Waals surface area contributed by atoms with Crippen LogP contribution in [0, 0.1) is 0 Å². The van der Waals surface area contributed by atoms with Gasteiger partial charge in [-0.15, -0.1) is 0 Å². The van der Waals surface area contributed by atoms with E-state index >= 15 is 0 Å². The van der Waals surface area contributed by atoms with E-state index in [0.717, 1.165) is 0 Å². The highest BCUT2D eigenvalue weighted by Gasteiger charge is 2.01. The Kier molecular flexibility index (Phi) is 4.82. The average molecular weight is 261 g/mol. The third kappa shape index (κ3) is 5.03. The van der Waals surface area contributed by atoms with Gasteiger partial charge in [0.1, 0.15) is 0 Å². The van der Waals surface area contributed by atoms with E-state index < -0.39 is 11.9 Å². The van der Waals surface area contributed by atoms with Crippen LogP contribution in [0.1, 0.15) is 19.4 Å². The van der Waals surface area contributed by atoms with Crippen LogP contribution in [0.2, 0.25) is 0 Å². The maximum atomic E-state index is 10.8. The highest BCUT2D eigenvalue weighted by atomic mass is 16.4. The summed E-state index contributed by atoms with van der Waals surface area (Å²) < 4.78 is 0. The van der Waals surface area contributed by atoms with Crippen LogP contribution in [0.25, 0.3) is 6.08 Å². The van der Waals surface area contributed by atoms with Gasteiger partial charge >= 0.3 is 0 Å². The van der Waals surface area contributed by atoms with Gasteiger partial charge in [-0.2, -0.15) is 0 Å². The Labute approximate surface area is 110 Å². The fourth-order valence-electron chi connectivity index (χ4n) is 1.37. The molecule has 0 spiro atoms. The first kappa shape index (κ1) is 14.4. The molecule has 0 atom stereocenters. The second-order valence-corrected chi connectivity index (χ2v) is 3.83. The van der Waals surface area contributed by atoms with E-state index in [1.54, 1.807) is 24.3 Å². The molecule has 0 aliphatic carbocycles. The van der Waals surface area contributed by atoms with Crippen molar-refractivity contribution in [1.82, 2.24) is 5.32 Å². The molecule has 100 valence electrons. The molecule has 0 radical (unpaired) electrons. The molecular formula is C13H13N2O4-. The summed E-state index contributed by atoms with van der Waals surface area (Å²) in [4.78, 5) is 32.5. The number of hydrogen-bond acceptors (Lipinski definition) is 4. The first-order valence-electron chi connectivity index (χ1n) is 5.47. The van der Waals surface area contributed by atoms with E-state index in [2.05, 4.69) is 10.6 Å². The molecule has 6 nitrogen and oxygen atoms in total.